The van der Waals surface area contributed by atoms with Crippen molar-refractivity contribution in [3.05, 3.63) is 35.4 Å². The van der Waals surface area contributed by atoms with E-state index in [1.165, 1.54) is 11.1 Å². The van der Waals surface area contributed by atoms with Crippen LogP contribution in [0.25, 0.3) is 0 Å². The lowest BCUT2D eigenvalue weighted by Crippen LogP contribution is -2.38. The summed E-state index contributed by atoms with van der Waals surface area (Å²) >= 11 is 0. The van der Waals surface area contributed by atoms with Crippen LogP contribution in [-0.2, 0) is 11.2 Å². The lowest BCUT2D eigenvalue weighted by atomic mass is 9.75. The van der Waals surface area contributed by atoms with Gasteiger partial charge in [-0.15, -0.1) is 0 Å². The molecule has 1 aliphatic heterocycles. The molecule has 1 heterocycles. The van der Waals surface area contributed by atoms with E-state index in [1.54, 1.807) is 0 Å². The fourth-order valence-corrected chi connectivity index (χ4v) is 2.47. The molecule has 1 aliphatic rings. The molecule has 0 unspecified atom stereocenters. The van der Waals surface area contributed by atoms with Crippen LogP contribution in [0.4, 0.5) is 0 Å². The van der Waals surface area contributed by atoms with Crippen LogP contribution in [0.5, 0.6) is 0 Å². The number of nitrogens with two attached hydrogens (primary N) is 1. The molecule has 0 radical (unpaired) electrons. The number of hydrogen-bond donors (Lipinski definition) is 1. The largest absolute Gasteiger partial charge is 0.381 e. The Morgan fingerprint density at radius 3 is 2.56 bits per heavy atom. The summed E-state index contributed by atoms with van der Waals surface area (Å²) in [6.45, 7) is 4.68. The molecule has 0 saturated carbocycles. The topological polar surface area (TPSA) is 35.2 Å². The Hall–Kier alpha value is -0.860. The first-order valence-electron chi connectivity index (χ1n) is 6.08. The molecule has 1 aromatic rings. The molecule has 88 valence electrons. The van der Waals surface area contributed by atoms with E-state index in [0.717, 1.165) is 39.0 Å². The van der Waals surface area contributed by atoms with E-state index >= 15 is 0 Å². The van der Waals surface area contributed by atoms with Gasteiger partial charge in [-0.25, -0.2) is 0 Å². The predicted octanol–water partition coefficient (Wildman–Crippen LogP) is 2.29. The maximum atomic E-state index is 5.98. The molecule has 16 heavy (non-hydrogen) atoms. The number of aryl methyl sites for hydroxylation is 1. The zero-order valence-electron chi connectivity index (χ0n) is 10.0. The minimum Gasteiger partial charge on any atom is -0.381 e. The maximum Gasteiger partial charge on any atom is 0.0471 e. The van der Waals surface area contributed by atoms with E-state index in [4.69, 9.17) is 10.5 Å². The van der Waals surface area contributed by atoms with E-state index in [9.17, 15) is 0 Å². The summed E-state index contributed by atoms with van der Waals surface area (Å²) in [4.78, 5) is 0. The second-order valence-electron chi connectivity index (χ2n) is 4.92. The molecule has 2 rings (SSSR count). The van der Waals surface area contributed by atoms with Crippen molar-refractivity contribution in [2.45, 2.75) is 26.2 Å². The van der Waals surface area contributed by atoms with Gasteiger partial charge in [0.1, 0.15) is 0 Å². The summed E-state index contributed by atoms with van der Waals surface area (Å²) in [7, 11) is 0. The van der Waals surface area contributed by atoms with Gasteiger partial charge in [-0.1, -0.05) is 24.3 Å². The molecule has 1 saturated heterocycles. The van der Waals surface area contributed by atoms with Crippen molar-refractivity contribution >= 4 is 0 Å². The normalized spacial score (nSPS) is 19.6. The SMILES string of the molecule is Cc1ccccc1CC1(CN)CCOCC1. The Labute approximate surface area is 97.8 Å². The highest BCUT2D eigenvalue weighted by atomic mass is 16.5. The Morgan fingerprint density at radius 2 is 1.94 bits per heavy atom. The Morgan fingerprint density at radius 1 is 1.25 bits per heavy atom. The molecule has 2 nitrogen and oxygen atoms in total. The zero-order valence-corrected chi connectivity index (χ0v) is 10.0. The smallest absolute Gasteiger partial charge is 0.0471 e. The summed E-state index contributed by atoms with van der Waals surface area (Å²) in [6, 6.07) is 8.62. The van der Waals surface area contributed by atoms with Gasteiger partial charge in [-0.3, -0.25) is 0 Å². The quantitative estimate of drug-likeness (QED) is 0.846. The minimum absolute atomic E-state index is 0.268. The molecule has 0 amide bonds. The highest BCUT2D eigenvalue weighted by Crippen LogP contribution is 2.33. The molecule has 0 aromatic heterocycles. The average Bonchev–Trinajstić information content (AvgIpc) is 2.33. The van der Waals surface area contributed by atoms with Crippen LogP contribution in [0.15, 0.2) is 24.3 Å². The van der Waals surface area contributed by atoms with Gasteiger partial charge in [0, 0.05) is 13.2 Å². The molecule has 2 N–H and O–H groups in total. The second-order valence-corrected chi connectivity index (χ2v) is 4.92. The Balaban J connectivity index is 2.15. The van der Waals surface area contributed by atoms with Crippen LogP contribution < -0.4 is 5.73 Å². The van der Waals surface area contributed by atoms with Crippen LogP contribution in [0, 0.1) is 12.3 Å². The average molecular weight is 219 g/mol. The van der Waals surface area contributed by atoms with Crippen molar-refractivity contribution < 1.29 is 4.74 Å². The lowest BCUT2D eigenvalue weighted by molar-refractivity contribution is 0.0191. The van der Waals surface area contributed by atoms with Crippen molar-refractivity contribution in [2.24, 2.45) is 11.1 Å². The van der Waals surface area contributed by atoms with Crippen molar-refractivity contribution in [1.82, 2.24) is 0 Å². The Kier molecular flexibility index (Phi) is 3.62. The van der Waals surface area contributed by atoms with Crippen molar-refractivity contribution in [1.29, 1.82) is 0 Å². The van der Waals surface area contributed by atoms with Gasteiger partial charge in [0.2, 0.25) is 0 Å². The molecular weight excluding hydrogens is 198 g/mol. The lowest BCUT2D eigenvalue weighted by Gasteiger charge is -2.36. The van der Waals surface area contributed by atoms with Crippen LogP contribution >= 0.6 is 0 Å². The van der Waals surface area contributed by atoms with Gasteiger partial charge >= 0.3 is 0 Å². The first-order chi connectivity index (χ1) is 7.76. The van der Waals surface area contributed by atoms with Crippen molar-refractivity contribution in [3.8, 4) is 0 Å². The molecule has 0 bridgehead atoms. The summed E-state index contributed by atoms with van der Waals surface area (Å²) in [6.07, 6.45) is 3.29. The van der Waals surface area contributed by atoms with Gasteiger partial charge in [0.05, 0.1) is 0 Å². The first-order valence-corrected chi connectivity index (χ1v) is 6.08. The monoisotopic (exact) mass is 219 g/mol. The summed E-state index contributed by atoms with van der Waals surface area (Å²) in [5.41, 5.74) is 9.07. The Bertz CT molecular complexity index is 342. The number of rotatable bonds is 3. The zero-order chi connectivity index (χ0) is 11.4. The van der Waals surface area contributed by atoms with E-state index in [1.807, 2.05) is 0 Å². The third-order valence-electron chi connectivity index (χ3n) is 3.81. The summed E-state index contributed by atoms with van der Waals surface area (Å²) in [5.74, 6) is 0. The van der Waals surface area contributed by atoms with E-state index in [2.05, 4.69) is 31.2 Å². The second kappa shape index (κ2) is 4.98. The van der Waals surface area contributed by atoms with Crippen molar-refractivity contribution in [3.63, 3.8) is 0 Å². The van der Waals surface area contributed by atoms with Crippen LogP contribution in [0.3, 0.4) is 0 Å². The van der Waals surface area contributed by atoms with Gasteiger partial charge in [-0.05, 0) is 49.3 Å². The van der Waals surface area contributed by atoms with Gasteiger partial charge in [-0.2, -0.15) is 0 Å². The van der Waals surface area contributed by atoms with Crippen LogP contribution in [0.1, 0.15) is 24.0 Å². The molecule has 0 atom stereocenters. The molecule has 1 aromatic carbocycles. The third kappa shape index (κ3) is 2.45. The predicted molar refractivity (Wildman–Crippen MR) is 66.4 cm³/mol. The molecule has 2 heteroatoms. The fraction of sp³-hybridized carbons (Fsp3) is 0.571. The van der Waals surface area contributed by atoms with Gasteiger partial charge < -0.3 is 10.5 Å². The molecule has 1 fully saturated rings. The molecular formula is C14H21NO. The van der Waals surface area contributed by atoms with E-state index < -0.39 is 0 Å². The highest BCUT2D eigenvalue weighted by molar-refractivity contribution is 5.27. The maximum absolute atomic E-state index is 5.98. The van der Waals surface area contributed by atoms with E-state index in [-0.39, 0.29) is 5.41 Å². The third-order valence-corrected chi connectivity index (χ3v) is 3.81. The number of benzene rings is 1. The number of hydrogen-bond acceptors (Lipinski definition) is 2. The molecule has 0 aliphatic carbocycles. The standard InChI is InChI=1S/C14H21NO/c1-12-4-2-3-5-13(12)10-14(11-15)6-8-16-9-7-14/h2-5H,6-11,15H2,1H3. The first kappa shape index (κ1) is 11.6. The summed E-state index contributed by atoms with van der Waals surface area (Å²) in [5, 5.41) is 0. The molecule has 0 spiro atoms. The van der Waals surface area contributed by atoms with E-state index in [0.29, 0.717) is 0 Å². The highest BCUT2D eigenvalue weighted by Gasteiger charge is 2.31. The van der Waals surface area contributed by atoms with Gasteiger partial charge in [0.15, 0.2) is 0 Å². The summed E-state index contributed by atoms with van der Waals surface area (Å²) < 4.78 is 5.44. The van der Waals surface area contributed by atoms with Gasteiger partial charge in [0.25, 0.3) is 0 Å². The van der Waals surface area contributed by atoms with Crippen LogP contribution in [0.2, 0.25) is 0 Å². The number of ether oxygens (including phenoxy) is 1. The fourth-order valence-electron chi connectivity index (χ4n) is 2.47. The van der Waals surface area contributed by atoms with Crippen LogP contribution in [-0.4, -0.2) is 19.8 Å². The van der Waals surface area contributed by atoms with Crippen molar-refractivity contribution in [2.75, 3.05) is 19.8 Å². The minimum atomic E-state index is 0.268.